The Morgan fingerprint density at radius 2 is 2.24 bits per heavy atom. The third-order valence-corrected chi connectivity index (χ3v) is 3.39. The fourth-order valence-corrected chi connectivity index (χ4v) is 2.14. The highest BCUT2D eigenvalue weighted by Gasteiger charge is 2.13. The summed E-state index contributed by atoms with van der Waals surface area (Å²) in [4.78, 5) is 16.0. The van der Waals surface area contributed by atoms with E-state index in [-0.39, 0.29) is 0 Å². The van der Waals surface area contributed by atoms with E-state index in [9.17, 15) is 4.79 Å². The number of nitrogens with zero attached hydrogens (tertiary/aromatic N) is 2. The summed E-state index contributed by atoms with van der Waals surface area (Å²) in [6.07, 6.45) is 4.48. The number of esters is 1. The molecule has 0 saturated heterocycles. The number of carbonyl (C=O) groups is 1. The van der Waals surface area contributed by atoms with Gasteiger partial charge in [-0.3, -0.25) is 0 Å². The second-order valence-electron chi connectivity index (χ2n) is 4.88. The van der Waals surface area contributed by atoms with Crippen LogP contribution in [-0.2, 0) is 18.2 Å². The molecule has 1 heterocycles. The molecular weight excluding hydrogens is 268 g/mol. The molecule has 6 nitrogen and oxygen atoms in total. The number of nitrogen functional groups attached to an aromatic ring is 1. The van der Waals surface area contributed by atoms with Crippen LogP contribution in [0.25, 0.3) is 0 Å². The molecule has 0 aliphatic rings. The number of aryl methyl sites for hydroxylation is 2. The number of rotatable bonds is 5. The molecule has 2 rings (SSSR count). The Hall–Kier alpha value is -2.50. The van der Waals surface area contributed by atoms with Gasteiger partial charge in [-0.25, -0.2) is 9.78 Å². The number of benzene rings is 1. The number of imidazole rings is 1. The molecule has 0 fully saturated rings. The minimum Gasteiger partial charge on any atom is -0.465 e. The van der Waals surface area contributed by atoms with Crippen LogP contribution in [0.2, 0.25) is 0 Å². The fraction of sp³-hybridized carbons (Fsp3) is 0.333. The number of ether oxygens (including phenoxy) is 1. The zero-order valence-corrected chi connectivity index (χ0v) is 12.5. The largest absolute Gasteiger partial charge is 0.465 e. The van der Waals surface area contributed by atoms with Gasteiger partial charge in [-0.05, 0) is 24.6 Å². The normalized spacial score (nSPS) is 10.4. The van der Waals surface area contributed by atoms with Gasteiger partial charge in [0.2, 0.25) is 0 Å². The Morgan fingerprint density at radius 3 is 2.86 bits per heavy atom. The van der Waals surface area contributed by atoms with Crippen LogP contribution in [0.4, 0.5) is 11.4 Å². The van der Waals surface area contributed by atoms with Crippen LogP contribution in [0.5, 0.6) is 0 Å². The minimum absolute atomic E-state index is 0.386. The molecule has 1 aromatic heterocycles. The molecule has 0 aliphatic heterocycles. The maximum Gasteiger partial charge on any atom is 0.340 e. The maximum absolute atomic E-state index is 11.7. The summed E-state index contributed by atoms with van der Waals surface area (Å²) >= 11 is 0. The van der Waals surface area contributed by atoms with Crippen molar-refractivity contribution in [2.75, 3.05) is 24.7 Å². The molecule has 0 atom stereocenters. The number of anilines is 2. The number of nitrogens with two attached hydrogens (primary N) is 1. The van der Waals surface area contributed by atoms with E-state index >= 15 is 0 Å². The van der Waals surface area contributed by atoms with E-state index in [1.54, 1.807) is 12.3 Å². The summed E-state index contributed by atoms with van der Waals surface area (Å²) in [6.45, 7) is 2.58. The third-order valence-electron chi connectivity index (χ3n) is 3.39. The van der Waals surface area contributed by atoms with Crippen LogP contribution in [0.3, 0.4) is 0 Å². The highest BCUT2D eigenvalue weighted by Crippen LogP contribution is 2.23. The lowest BCUT2D eigenvalue weighted by molar-refractivity contribution is 0.0602. The molecule has 0 amide bonds. The van der Waals surface area contributed by atoms with Crippen molar-refractivity contribution in [3.63, 3.8) is 0 Å². The van der Waals surface area contributed by atoms with Gasteiger partial charge in [-0.2, -0.15) is 0 Å². The molecule has 0 bridgehead atoms. The van der Waals surface area contributed by atoms with E-state index in [4.69, 9.17) is 10.5 Å². The van der Waals surface area contributed by atoms with E-state index in [2.05, 4.69) is 10.3 Å². The van der Waals surface area contributed by atoms with E-state index in [1.165, 1.54) is 7.11 Å². The van der Waals surface area contributed by atoms with Crippen molar-refractivity contribution in [1.29, 1.82) is 0 Å². The van der Waals surface area contributed by atoms with E-state index in [0.717, 1.165) is 30.0 Å². The molecule has 1 aromatic carbocycles. The second kappa shape index (κ2) is 6.30. The van der Waals surface area contributed by atoms with Gasteiger partial charge in [0.15, 0.2) is 0 Å². The van der Waals surface area contributed by atoms with Crippen molar-refractivity contribution < 1.29 is 9.53 Å². The topological polar surface area (TPSA) is 82.2 Å². The average Bonchev–Trinajstić information content (AvgIpc) is 2.87. The van der Waals surface area contributed by atoms with Gasteiger partial charge in [0, 0.05) is 43.8 Å². The SMILES string of the molecule is COC(=O)c1cc(NCCc2nccn2C)cc(C)c1N. The van der Waals surface area contributed by atoms with Crippen LogP contribution >= 0.6 is 0 Å². The van der Waals surface area contributed by atoms with Crippen molar-refractivity contribution in [2.24, 2.45) is 7.05 Å². The van der Waals surface area contributed by atoms with Crippen LogP contribution in [0, 0.1) is 6.92 Å². The zero-order valence-electron chi connectivity index (χ0n) is 12.5. The summed E-state index contributed by atoms with van der Waals surface area (Å²) in [6, 6.07) is 3.63. The number of hydrogen-bond acceptors (Lipinski definition) is 5. The summed E-state index contributed by atoms with van der Waals surface area (Å²) in [5.74, 6) is 0.575. The Labute approximate surface area is 123 Å². The average molecular weight is 288 g/mol. The fourth-order valence-electron chi connectivity index (χ4n) is 2.14. The highest BCUT2D eigenvalue weighted by molar-refractivity contribution is 5.97. The Kier molecular flexibility index (Phi) is 4.47. The number of carbonyl (C=O) groups excluding carboxylic acids is 1. The molecule has 0 radical (unpaired) electrons. The van der Waals surface area contributed by atoms with Crippen LogP contribution in [0.1, 0.15) is 21.7 Å². The lowest BCUT2D eigenvalue weighted by Crippen LogP contribution is -2.11. The Bertz CT molecular complexity index is 649. The summed E-state index contributed by atoms with van der Waals surface area (Å²) in [5.41, 5.74) is 8.44. The second-order valence-corrected chi connectivity index (χ2v) is 4.88. The number of methoxy groups -OCH3 is 1. The third kappa shape index (κ3) is 3.34. The molecule has 0 aliphatic carbocycles. The summed E-state index contributed by atoms with van der Waals surface area (Å²) in [5, 5.41) is 3.28. The van der Waals surface area contributed by atoms with E-state index in [0.29, 0.717) is 11.3 Å². The van der Waals surface area contributed by atoms with Gasteiger partial charge in [-0.1, -0.05) is 0 Å². The molecular formula is C15H20N4O2. The van der Waals surface area contributed by atoms with Crippen LogP contribution in [-0.4, -0.2) is 29.2 Å². The predicted octanol–water partition coefficient (Wildman–Crippen LogP) is 1.75. The first-order valence-electron chi connectivity index (χ1n) is 6.71. The van der Waals surface area contributed by atoms with Gasteiger partial charge < -0.3 is 20.4 Å². The van der Waals surface area contributed by atoms with Crippen LogP contribution in [0.15, 0.2) is 24.5 Å². The van der Waals surface area contributed by atoms with Gasteiger partial charge in [0.1, 0.15) is 5.82 Å². The van der Waals surface area contributed by atoms with Gasteiger partial charge in [0.05, 0.1) is 12.7 Å². The monoisotopic (exact) mass is 288 g/mol. The van der Waals surface area contributed by atoms with Crippen molar-refractivity contribution in [3.8, 4) is 0 Å². The first-order chi connectivity index (χ1) is 10.0. The lowest BCUT2D eigenvalue weighted by atomic mass is 10.1. The molecule has 0 saturated carbocycles. The molecule has 112 valence electrons. The smallest absolute Gasteiger partial charge is 0.340 e. The van der Waals surface area contributed by atoms with Crippen LogP contribution < -0.4 is 11.1 Å². The van der Waals surface area contributed by atoms with Crippen molar-refractivity contribution >= 4 is 17.3 Å². The quantitative estimate of drug-likeness (QED) is 0.647. The minimum atomic E-state index is -0.427. The first kappa shape index (κ1) is 14.9. The highest BCUT2D eigenvalue weighted by atomic mass is 16.5. The predicted molar refractivity (Wildman–Crippen MR) is 82.3 cm³/mol. The molecule has 0 unspecified atom stereocenters. The standard InChI is InChI=1S/C15H20N4O2/c1-10-8-11(9-12(14(10)16)15(20)21-3)17-5-4-13-18-6-7-19(13)2/h6-9,17H,4-5,16H2,1-3H3. The van der Waals surface area contributed by atoms with Gasteiger partial charge >= 0.3 is 5.97 Å². The molecule has 2 aromatic rings. The number of nitrogens with one attached hydrogen (secondary N) is 1. The summed E-state index contributed by atoms with van der Waals surface area (Å²) < 4.78 is 6.73. The lowest BCUT2D eigenvalue weighted by Gasteiger charge is -2.12. The van der Waals surface area contributed by atoms with Gasteiger partial charge in [-0.15, -0.1) is 0 Å². The molecule has 6 heteroatoms. The Balaban J connectivity index is 2.08. The first-order valence-corrected chi connectivity index (χ1v) is 6.71. The van der Waals surface area contributed by atoms with Gasteiger partial charge in [0.25, 0.3) is 0 Å². The maximum atomic E-state index is 11.7. The molecule has 3 N–H and O–H groups in total. The zero-order chi connectivity index (χ0) is 15.4. The number of aromatic nitrogens is 2. The van der Waals surface area contributed by atoms with E-state index < -0.39 is 5.97 Å². The number of hydrogen-bond donors (Lipinski definition) is 2. The van der Waals surface area contributed by atoms with Crippen molar-refractivity contribution in [1.82, 2.24) is 9.55 Å². The molecule has 0 spiro atoms. The Morgan fingerprint density at radius 1 is 1.48 bits per heavy atom. The van der Waals surface area contributed by atoms with Crippen molar-refractivity contribution in [2.45, 2.75) is 13.3 Å². The van der Waals surface area contributed by atoms with Crippen molar-refractivity contribution in [3.05, 3.63) is 41.5 Å². The summed E-state index contributed by atoms with van der Waals surface area (Å²) in [7, 11) is 3.31. The molecule has 21 heavy (non-hydrogen) atoms. The van der Waals surface area contributed by atoms with E-state index in [1.807, 2.05) is 30.8 Å².